The van der Waals surface area contributed by atoms with E-state index in [1.54, 1.807) is 23.1 Å². The standard InChI is InChI=1S/C28H22ClF6N5O/c29-23-6-2-1-5-22(23)19-4-3-11-39(16-19)26(41)24-25(18-7-9-36-10-8-18)40(38-37-24)15-17-12-20(27(30,31)32)14-21(13-17)28(33,34)35/h1-2,5-10,12-14,19H,3-4,11,15-16H2. The van der Waals surface area contributed by atoms with Crippen molar-refractivity contribution in [3.05, 3.63) is 100.0 Å². The summed E-state index contributed by atoms with van der Waals surface area (Å²) in [4.78, 5) is 19.3. The fourth-order valence-corrected chi connectivity index (χ4v) is 5.31. The molecule has 0 radical (unpaired) electrons. The number of hydrogen-bond acceptors (Lipinski definition) is 4. The first-order chi connectivity index (χ1) is 19.4. The van der Waals surface area contributed by atoms with E-state index in [2.05, 4.69) is 15.3 Å². The van der Waals surface area contributed by atoms with Gasteiger partial charge in [-0.15, -0.1) is 5.10 Å². The average Bonchev–Trinajstić information content (AvgIpc) is 3.35. The summed E-state index contributed by atoms with van der Waals surface area (Å²) in [5, 5.41) is 8.64. The van der Waals surface area contributed by atoms with Gasteiger partial charge in [0.2, 0.25) is 0 Å². The summed E-state index contributed by atoms with van der Waals surface area (Å²) in [7, 11) is 0. The van der Waals surface area contributed by atoms with E-state index >= 15 is 0 Å². The van der Waals surface area contributed by atoms with Crippen LogP contribution in [-0.4, -0.2) is 43.9 Å². The molecule has 1 amide bonds. The van der Waals surface area contributed by atoms with Crippen molar-refractivity contribution in [3.8, 4) is 11.3 Å². The predicted octanol–water partition coefficient (Wildman–Crippen LogP) is 7.10. The lowest BCUT2D eigenvalue weighted by molar-refractivity contribution is -0.143. The minimum Gasteiger partial charge on any atom is -0.337 e. The highest BCUT2D eigenvalue weighted by atomic mass is 35.5. The number of nitrogens with zero attached hydrogens (tertiary/aromatic N) is 5. The molecule has 0 N–H and O–H groups in total. The smallest absolute Gasteiger partial charge is 0.337 e. The van der Waals surface area contributed by atoms with Crippen molar-refractivity contribution in [2.45, 2.75) is 37.7 Å². The lowest BCUT2D eigenvalue weighted by Gasteiger charge is -2.33. The topological polar surface area (TPSA) is 63.9 Å². The SMILES string of the molecule is O=C(c1nnn(Cc2cc(C(F)(F)F)cc(C(F)(F)F)c2)c1-c1ccncc1)N1CCCC(c2ccccc2Cl)C1. The van der Waals surface area contributed by atoms with Crippen LogP contribution in [0, 0.1) is 0 Å². The number of halogens is 7. The molecule has 1 aliphatic rings. The highest BCUT2D eigenvalue weighted by molar-refractivity contribution is 6.31. The van der Waals surface area contributed by atoms with Crippen molar-refractivity contribution in [2.24, 2.45) is 0 Å². The molecule has 3 heterocycles. The van der Waals surface area contributed by atoms with Gasteiger partial charge in [-0.1, -0.05) is 35.0 Å². The average molecular weight is 594 g/mol. The summed E-state index contributed by atoms with van der Waals surface area (Å²) in [6.07, 6.45) is -5.60. The Morgan fingerprint density at radius 3 is 2.24 bits per heavy atom. The van der Waals surface area contributed by atoms with Crippen LogP contribution in [0.5, 0.6) is 0 Å². The summed E-state index contributed by atoms with van der Waals surface area (Å²) in [6.45, 7) is 0.298. The monoisotopic (exact) mass is 593 g/mol. The van der Waals surface area contributed by atoms with Gasteiger partial charge < -0.3 is 4.90 Å². The van der Waals surface area contributed by atoms with Crippen molar-refractivity contribution in [1.29, 1.82) is 0 Å². The fourth-order valence-electron chi connectivity index (χ4n) is 5.02. The van der Waals surface area contributed by atoms with Crippen molar-refractivity contribution >= 4 is 17.5 Å². The molecule has 214 valence electrons. The number of rotatable bonds is 5. The second kappa shape index (κ2) is 11.2. The van der Waals surface area contributed by atoms with E-state index in [-0.39, 0.29) is 28.9 Å². The third-order valence-corrected chi connectivity index (χ3v) is 7.27. The van der Waals surface area contributed by atoms with Crippen LogP contribution in [0.3, 0.4) is 0 Å². The number of amides is 1. The maximum absolute atomic E-state index is 13.8. The molecule has 1 saturated heterocycles. The molecule has 2 aromatic heterocycles. The molecule has 1 unspecified atom stereocenters. The van der Waals surface area contributed by atoms with Gasteiger partial charge in [-0.25, -0.2) is 4.68 Å². The molecule has 5 rings (SSSR count). The Morgan fingerprint density at radius 2 is 1.61 bits per heavy atom. The summed E-state index contributed by atoms with van der Waals surface area (Å²) >= 11 is 6.39. The van der Waals surface area contributed by atoms with Crippen LogP contribution in [0.4, 0.5) is 26.3 Å². The Morgan fingerprint density at radius 1 is 0.951 bits per heavy atom. The Bertz CT molecular complexity index is 1520. The number of aromatic nitrogens is 4. The van der Waals surface area contributed by atoms with Crippen LogP contribution in [0.2, 0.25) is 5.02 Å². The van der Waals surface area contributed by atoms with Crippen LogP contribution in [-0.2, 0) is 18.9 Å². The van der Waals surface area contributed by atoms with Gasteiger partial charge in [0, 0.05) is 42.0 Å². The van der Waals surface area contributed by atoms with Gasteiger partial charge in [0.1, 0.15) is 5.69 Å². The van der Waals surface area contributed by atoms with Gasteiger partial charge in [-0.2, -0.15) is 26.3 Å². The maximum atomic E-state index is 13.8. The minimum absolute atomic E-state index is 0.0216. The van der Waals surface area contributed by atoms with Gasteiger partial charge >= 0.3 is 12.4 Å². The van der Waals surface area contributed by atoms with Gasteiger partial charge in [-0.3, -0.25) is 9.78 Å². The number of benzene rings is 2. The first kappa shape index (κ1) is 28.6. The van der Waals surface area contributed by atoms with Gasteiger partial charge in [0.05, 0.1) is 17.7 Å². The number of alkyl halides is 6. The molecule has 6 nitrogen and oxygen atoms in total. The first-order valence-electron chi connectivity index (χ1n) is 12.6. The Kier molecular flexibility index (Phi) is 7.78. The van der Waals surface area contributed by atoms with Crippen molar-refractivity contribution in [3.63, 3.8) is 0 Å². The van der Waals surface area contributed by atoms with Crippen LogP contribution < -0.4 is 0 Å². The quantitative estimate of drug-likeness (QED) is 0.232. The second-order valence-corrected chi connectivity index (χ2v) is 10.1. The zero-order valence-corrected chi connectivity index (χ0v) is 22.0. The largest absolute Gasteiger partial charge is 0.416 e. The van der Waals surface area contributed by atoms with Gasteiger partial charge in [-0.05, 0) is 60.4 Å². The van der Waals surface area contributed by atoms with Crippen molar-refractivity contribution in [2.75, 3.05) is 13.1 Å². The number of carbonyl (C=O) groups excluding carboxylic acids is 1. The third-order valence-electron chi connectivity index (χ3n) is 6.92. The molecule has 0 aliphatic carbocycles. The molecule has 0 bridgehead atoms. The van der Waals surface area contributed by atoms with E-state index in [1.165, 1.54) is 12.4 Å². The highest BCUT2D eigenvalue weighted by Crippen LogP contribution is 2.37. The van der Waals surface area contributed by atoms with Gasteiger partial charge in [0.15, 0.2) is 5.69 Å². The van der Waals surface area contributed by atoms with Crippen LogP contribution >= 0.6 is 11.6 Å². The molecule has 13 heteroatoms. The summed E-state index contributed by atoms with van der Waals surface area (Å²) in [5.41, 5.74) is -1.76. The summed E-state index contributed by atoms with van der Waals surface area (Å²) in [6, 6.07) is 11.8. The van der Waals surface area contributed by atoms with Crippen molar-refractivity contribution in [1.82, 2.24) is 24.9 Å². The number of likely N-dealkylation sites (tertiary alicyclic amines) is 1. The Hall–Kier alpha value is -3.93. The van der Waals surface area contributed by atoms with Crippen LogP contribution in [0.15, 0.2) is 67.0 Å². The van der Waals surface area contributed by atoms with E-state index in [1.807, 2.05) is 18.2 Å². The van der Waals surface area contributed by atoms with Gasteiger partial charge in [0.25, 0.3) is 5.91 Å². The molecule has 0 spiro atoms. The predicted molar refractivity (Wildman–Crippen MR) is 138 cm³/mol. The molecular weight excluding hydrogens is 572 g/mol. The second-order valence-electron chi connectivity index (χ2n) is 9.71. The van der Waals surface area contributed by atoms with Crippen LogP contribution in [0.1, 0.15) is 51.5 Å². The zero-order chi connectivity index (χ0) is 29.4. The Labute approximate surface area is 235 Å². The number of piperidine rings is 1. The molecule has 41 heavy (non-hydrogen) atoms. The third kappa shape index (κ3) is 6.22. The van der Waals surface area contributed by atoms with E-state index in [9.17, 15) is 31.1 Å². The van der Waals surface area contributed by atoms with E-state index in [4.69, 9.17) is 11.6 Å². The summed E-state index contributed by atoms with van der Waals surface area (Å²) in [5.74, 6) is -0.480. The lowest BCUT2D eigenvalue weighted by Crippen LogP contribution is -2.39. The van der Waals surface area contributed by atoms with E-state index < -0.39 is 35.9 Å². The van der Waals surface area contributed by atoms with E-state index in [0.29, 0.717) is 42.2 Å². The molecular formula is C28H22ClF6N5O. The molecule has 2 aromatic carbocycles. The highest BCUT2D eigenvalue weighted by Gasteiger charge is 2.37. The minimum atomic E-state index is -5.00. The molecule has 1 fully saturated rings. The van der Waals surface area contributed by atoms with Crippen molar-refractivity contribution < 1.29 is 31.1 Å². The van der Waals surface area contributed by atoms with E-state index in [0.717, 1.165) is 16.7 Å². The lowest BCUT2D eigenvalue weighted by atomic mass is 9.90. The number of carbonyl (C=O) groups is 1. The molecule has 1 atom stereocenters. The number of hydrogen-bond donors (Lipinski definition) is 0. The zero-order valence-electron chi connectivity index (χ0n) is 21.3. The fraction of sp³-hybridized carbons (Fsp3) is 0.286. The molecule has 0 saturated carbocycles. The molecule has 4 aromatic rings. The molecule has 1 aliphatic heterocycles. The van der Waals surface area contributed by atoms with Crippen LogP contribution in [0.25, 0.3) is 11.3 Å². The summed E-state index contributed by atoms with van der Waals surface area (Å²) < 4.78 is 81.8. The maximum Gasteiger partial charge on any atom is 0.416 e. The Balaban J connectivity index is 1.52. The normalized spacial score (nSPS) is 16.2. The number of pyridine rings is 1. The first-order valence-corrected chi connectivity index (χ1v) is 13.0.